The Hall–Kier alpha value is -1.66. The number of carbonyl (C=O) groups is 1. The van der Waals surface area contributed by atoms with Crippen LogP contribution in [0.25, 0.3) is 0 Å². The van der Waals surface area contributed by atoms with E-state index in [9.17, 15) is 26.4 Å². The van der Waals surface area contributed by atoms with E-state index in [4.69, 9.17) is 10.2 Å². The van der Waals surface area contributed by atoms with Crippen LogP contribution in [0.1, 0.15) is 10.4 Å². The van der Waals surface area contributed by atoms with Gasteiger partial charge < -0.3 is 10.2 Å². The molecule has 0 amide bonds. The number of sulfonamides is 1. The van der Waals surface area contributed by atoms with Crippen molar-refractivity contribution < 1.29 is 36.6 Å². The van der Waals surface area contributed by atoms with Crippen molar-refractivity contribution in [3.05, 3.63) is 11.8 Å². The molecule has 8 nitrogen and oxygen atoms in total. The molecule has 1 aromatic rings. The molecule has 1 rings (SSSR count). The van der Waals surface area contributed by atoms with E-state index < -0.39 is 52.5 Å². The minimum Gasteiger partial charge on any atom is -0.478 e. The second kappa shape index (κ2) is 5.76. The zero-order valence-corrected chi connectivity index (χ0v) is 10.6. The molecule has 0 saturated heterocycles. The number of hydrogen-bond donors (Lipinski definition) is 3. The molecule has 20 heavy (non-hydrogen) atoms. The zero-order valence-electron chi connectivity index (χ0n) is 9.75. The maximum Gasteiger partial charge on any atom is 0.402 e. The zero-order chi connectivity index (χ0) is 15.6. The van der Waals surface area contributed by atoms with Crippen LogP contribution in [0.15, 0.2) is 11.2 Å². The van der Waals surface area contributed by atoms with Gasteiger partial charge in [-0.3, -0.25) is 5.10 Å². The van der Waals surface area contributed by atoms with E-state index in [1.54, 1.807) is 0 Å². The fraction of sp³-hybridized carbons (Fsp3) is 0.500. The predicted octanol–water partition coefficient (Wildman–Crippen LogP) is -0.347. The lowest BCUT2D eigenvalue weighted by Gasteiger charge is -2.21. The van der Waals surface area contributed by atoms with Crippen molar-refractivity contribution in [1.29, 1.82) is 0 Å². The summed E-state index contributed by atoms with van der Waals surface area (Å²) in [6.45, 7) is -3.54. The van der Waals surface area contributed by atoms with Gasteiger partial charge in [-0.25, -0.2) is 13.2 Å². The Morgan fingerprint density at radius 2 is 2.05 bits per heavy atom. The highest BCUT2D eigenvalue weighted by molar-refractivity contribution is 7.89. The topological polar surface area (TPSA) is 124 Å². The predicted molar refractivity (Wildman–Crippen MR) is 57.4 cm³/mol. The van der Waals surface area contributed by atoms with Gasteiger partial charge in [-0.05, 0) is 0 Å². The molecule has 0 bridgehead atoms. The van der Waals surface area contributed by atoms with Crippen molar-refractivity contribution in [2.24, 2.45) is 0 Å². The Labute approximate surface area is 110 Å². The molecule has 0 saturated carbocycles. The normalized spacial score (nSPS) is 12.8. The third-order valence-electron chi connectivity index (χ3n) is 2.14. The van der Waals surface area contributed by atoms with Crippen molar-refractivity contribution in [3.63, 3.8) is 0 Å². The van der Waals surface area contributed by atoms with Crippen LogP contribution in [0.4, 0.5) is 13.2 Å². The highest BCUT2D eigenvalue weighted by atomic mass is 32.2. The van der Waals surface area contributed by atoms with Gasteiger partial charge in [-0.2, -0.15) is 22.6 Å². The Balaban J connectivity index is 3.23. The first kappa shape index (κ1) is 16.4. The highest BCUT2D eigenvalue weighted by Gasteiger charge is 2.39. The van der Waals surface area contributed by atoms with Crippen molar-refractivity contribution in [1.82, 2.24) is 14.5 Å². The van der Waals surface area contributed by atoms with E-state index in [1.807, 2.05) is 5.10 Å². The SMILES string of the molecule is O=C(O)c1cn[nH]c1S(=O)(=O)N(CCO)CC(F)(F)F. The largest absolute Gasteiger partial charge is 0.478 e. The molecule has 0 fully saturated rings. The molecule has 1 heterocycles. The van der Waals surface area contributed by atoms with E-state index in [-0.39, 0.29) is 4.31 Å². The molecule has 114 valence electrons. The number of rotatable bonds is 6. The lowest BCUT2D eigenvalue weighted by atomic mass is 10.4. The average molecular weight is 317 g/mol. The number of aromatic nitrogens is 2. The number of carboxylic acids is 1. The summed E-state index contributed by atoms with van der Waals surface area (Å²) in [7, 11) is -4.77. The first-order chi connectivity index (χ1) is 9.09. The van der Waals surface area contributed by atoms with E-state index >= 15 is 0 Å². The first-order valence-electron chi connectivity index (χ1n) is 5.04. The van der Waals surface area contributed by atoms with Crippen molar-refractivity contribution in [2.75, 3.05) is 19.7 Å². The maximum absolute atomic E-state index is 12.3. The smallest absolute Gasteiger partial charge is 0.402 e. The Morgan fingerprint density at radius 3 is 2.50 bits per heavy atom. The van der Waals surface area contributed by atoms with Gasteiger partial charge in [0.2, 0.25) is 0 Å². The molecule has 0 aliphatic rings. The summed E-state index contributed by atoms with van der Waals surface area (Å²) in [6, 6.07) is 0. The van der Waals surface area contributed by atoms with Crippen molar-refractivity contribution >= 4 is 16.0 Å². The molecule has 12 heteroatoms. The lowest BCUT2D eigenvalue weighted by molar-refractivity contribution is -0.136. The van der Waals surface area contributed by atoms with Gasteiger partial charge in [0.05, 0.1) is 12.8 Å². The van der Waals surface area contributed by atoms with E-state index in [0.717, 1.165) is 0 Å². The van der Waals surface area contributed by atoms with Crippen LogP contribution < -0.4 is 0 Å². The molecule has 0 aromatic carbocycles. The van der Waals surface area contributed by atoms with Gasteiger partial charge in [0.15, 0.2) is 5.03 Å². The van der Waals surface area contributed by atoms with Crippen LogP contribution >= 0.6 is 0 Å². The Kier molecular flexibility index (Phi) is 4.73. The minimum atomic E-state index is -4.84. The van der Waals surface area contributed by atoms with Gasteiger partial charge in [0, 0.05) is 6.54 Å². The number of alkyl halides is 3. The first-order valence-corrected chi connectivity index (χ1v) is 6.48. The van der Waals surface area contributed by atoms with Gasteiger partial charge in [0.25, 0.3) is 10.0 Å². The summed E-state index contributed by atoms with van der Waals surface area (Å²) in [5, 5.41) is 21.5. The Morgan fingerprint density at radius 1 is 1.45 bits per heavy atom. The van der Waals surface area contributed by atoms with Crippen molar-refractivity contribution in [2.45, 2.75) is 11.2 Å². The minimum absolute atomic E-state index is 0.0764. The molecule has 3 N–H and O–H groups in total. The summed E-state index contributed by atoms with van der Waals surface area (Å²) < 4.78 is 60.8. The van der Waals surface area contributed by atoms with Crippen LogP contribution in [-0.4, -0.2) is 65.0 Å². The number of nitrogens with zero attached hydrogens (tertiary/aromatic N) is 2. The second-order valence-electron chi connectivity index (χ2n) is 3.60. The number of hydrogen-bond acceptors (Lipinski definition) is 5. The molecule has 0 unspecified atom stereocenters. The summed E-state index contributed by atoms with van der Waals surface area (Å²) >= 11 is 0. The number of aliphatic hydroxyl groups excluding tert-OH is 1. The van der Waals surface area contributed by atoms with Crippen LogP contribution in [0.2, 0.25) is 0 Å². The van der Waals surface area contributed by atoms with Gasteiger partial charge in [-0.1, -0.05) is 0 Å². The molecule has 0 radical (unpaired) electrons. The summed E-state index contributed by atoms with van der Waals surface area (Å²) in [4.78, 5) is 10.8. The number of halogens is 3. The fourth-order valence-electron chi connectivity index (χ4n) is 1.35. The molecule has 0 atom stereocenters. The summed E-state index contributed by atoms with van der Waals surface area (Å²) in [5.74, 6) is -1.66. The molecule has 0 aliphatic heterocycles. The van der Waals surface area contributed by atoms with Crippen LogP contribution in [-0.2, 0) is 10.0 Å². The standard InChI is InChI=1S/C8H10F3N3O5S/c9-8(10,11)4-14(1-2-15)20(18,19)6-5(7(16)17)3-12-13-6/h3,15H,1-2,4H2,(H,12,13)(H,16,17). The third kappa shape index (κ3) is 3.68. The third-order valence-corrected chi connectivity index (χ3v) is 3.96. The number of aromatic carboxylic acids is 1. The number of aromatic amines is 1. The monoisotopic (exact) mass is 317 g/mol. The molecule has 0 spiro atoms. The Bertz CT molecular complexity index is 582. The van der Waals surface area contributed by atoms with Crippen LogP contribution in [0.3, 0.4) is 0 Å². The van der Waals surface area contributed by atoms with E-state index in [2.05, 4.69) is 5.10 Å². The second-order valence-corrected chi connectivity index (χ2v) is 5.47. The lowest BCUT2D eigenvalue weighted by Crippen LogP contribution is -2.41. The molecule has 0 aliphatic carbocycles. The molecule has 1 aromatic heterocycles. The maximum atomic E-state index is 12.3. The highest BCUT2D eigenvalue weighted by Crippen LogP contribution is 2.23. The number of carboxylic acid groups (broad SMARTS) is 1. The van der Waals surface area contributed by atoms with Gasteiger partial charge in [0.1, 0.15) is 12.1 Å². The summed E-state index contributed by atoms with van der Waals surface area (Å²) in [5.41, 5.74) is -0.782. The number of nitrogens with one attached hydrogen (secondary N) is 1. The molecular formula is C8H10F3N3O5S. The summed E-state index contributed by atoms with van der Waals surface area (Å²) in [6.07, 6.45) is -4.18. The van der Waals surface area contributed by atoms with Crippen LogP contribution in [0.5, 0.6) is 0 Å². The number of H-pyrrole nitrogens is 1. The average Bonchev–Trinajstić information content (AvgIpc) is 2.76. The van der Waals surface area contributed by atoms with Gasteiger partial charge >= 0.3 is 12.1 Å². The van der Waals surface area contributed by atoms with Gasteiger partial charge in [-0.15, -0.1) is 0 Å². The van der Waals surface area contributed by atoms with E-state index in [1.165, 1.54) is 0 Å². The quantitative estimate of drug-likeness (QED) is 0.659. The van der Waals surface area contributed by atoms with E-state index in [0.29, 0.717) is 6.20 Å². The van der Waals surface area contributed by atoms with Crippen LogP contribution in [0, 0.1) is 0 Å². The fourth-order valence-corrected chi connectivity index (χ4v) is 2.83. The number of aliphatic hydroxyl groups is 1. The molecular weight excluding hydrogens is 307 g/mol. The van der Waals surface area contributed by atoms with Crippen molar-refractivity contribution in [3.8, 4) is 0 Å².